The van der Waals surface area contributed by atoms with Gasteiger partial charge < -0.3 is 19.2 Å². The predicted molar refractivity (Wildman–Crippen MR) is 108 cm³/mol. The molecule has 5 heteroatoms. The van der Waals surface area contributed by atoms with Crippen LogP contribution in [0.1, 0.15) is 67.1 Å². The highest BCUT2D eigenvalue weighted by atomic mass is 16.5. The molecule has 1 N–H and O–H groups in total. The lowest BCUT2D eigenvalue weighted by Gasteiger charge is -2.25. The summed E-state index contributed by atoms with van der Waals surface area (Å²) in [5.74, 6) is 1.71. The van der Waals surface area contributed by atoms with Gasteiger partial charge >= 0.3 is 5.97 Å². The molecule has 152 valence electrons. The number of nitrogens with one attached hydrogen (secondary N) is 1. The summed E-state index contributed by atoms with van der Waals surface area (Å²) in [7, 11) is 1.36. The maximum atomic E-state index is 11.8. The van der Waals surface area contributed by atoms with Crippen molar-refractivity contribution in [2.24, 2.45) is 5.92 Å². The molecule has 0 bridgehead atoms. The zero-order valence-corrected chi connectivity index (χ0v) is 16.9. The summed E-state index contributed by atoms with van der Waals surface area (Å²) in [5.41, 5.74) is 1.50. The summed E-state index contributed by atoms with van der Waals surface area (Å²) in [4.78, 5) is 11.8. The zero-order chi connectivity index (χ0) is 19.8. The fraction of sp³-hybridized carbons (Fsp3) is 0.522. The second-order valence-electron chi connectivity index (χ2n) is 7.67. The lowest BCUT2D eigenvalue weighted by molar-refractivity contribution is 0.0595. The van der Waals surface area contributed by atoms with Gasteiger partial charge in [0.1, 0.15) is 17.9 Å². The van der Waals surface area contributed by atoms with Gasteiger partial charge in [0.15, 0.2) is 5.76 Å². The molecule has 1 aromatic heterocycles. The number of para-hydroxylation sites is 1. The normalized spacial score (nSPS) is 15.9. The van der Waals surface area contributed by atoms with Crippen molar-refractivity contribution in [3.63, 3.8) is 0 Å². The van der Waals surface area contributed by atoms with Crippen molar-refractivity contribution in [1.29, 1.82) is 0 Å². The molecule has 1 atom stereocenters. The van der Waals surface area contributed by atoms with E-state index >= 15 is 0 Å². The Balaban J connectivity index is 1.54. The molecule has 1 aliphatic carbocycles. The Hall–Kier alpha value is -2.27. The van der Waals surface area contributed by atoms with E-state index in [0.717, 1.165) is 23.8 Å². The van der Waals surface area contributed by atoms with Gasteiger partial charge in [0, 0.05) is 18.2 Å². The third-order valence-corrected chi connectivity index (χ3v) is 5.53. The van der Waals surface area contributed by atoms with Crippen LogP contribution in [0.3, 0.4) is 0 Å². The Morgan fingerprint density at radius 1 is 1.21 bits per heavy atom. The van der Waals surface area contributed by atoms with Crippen LogP contribution < -0.4 is 10.1 Å². The van der Waals surface area contributed by atoms with Gasteiger partial charge in [-0.3, -0.25) is 0 Å². The number of carbonyl (C=O) groups is 1. The Bertz CT molecular complexity index is 749. The topological polar surface area (TPSA) is 60.7 Å². The fourth-order valence-electron chi connectivity index (χ4n) is 3.97. The monoisotopic (exact) mass is 385 g/mol. The molecule has 0 aliphatic heterocycles. The lowest BCUT2D eigenvalue weighted by Crippen LogP contribution is -2.28. The number of rotatable bonds is 9. The smallest absolute Gasteiger partial charge is 0.341 e. The fourth-order valence-corrected chi connectivity index (χ4v) is 3.97. The van der Waals surface area contributed by atoms with Crippen LogP contribution in [0.5, 0.6) is 5.75 Å². The first-order chi connectivity index (χ1) is 13.7. The maximum Gasteiger partial charge on any atom is 0.341 e. The largest absolute Gasteiger partial charge is 0.485 e. The first kappa shape index (κ1) is 20.5. The third kappa shape index (κ3) is 5.61. The van der Waals surface area contributed by atoms with Crippen molar-refractivity contribution in [3.8, 4) is 5.75 Å². The summed E-state index contributed by atoms with van der Waals surface area (Å²) in [6.45, 7) is 3.21. The van der Waals surface area contributed by atoms with Crippen molar-refractivity contribution in [2.75, 3.05) is 7.11 Å². The van der Waals surface area contributed by atoms with Gasteiger partial charge in [0.05, 0.1) is 13.4 Å². The minimum absolute atomic E-state index is 0.187. The average Bonchev–Trinajstić information content (AvgIpc) is 3.20. The molecule has 1 fully saturated rings. The van der Waals surface area contributed by atoms with Crippen molar-refractivity contribution in [1.82, 2.24) is 5.32 Å². The van der Waals surface area contributed by atoms with Crippen molar-refractivity contribution >= 4 is 5.97 Å². The third-order valence-electron chi connectivity index (χ3n) is 5.53. The van der Waals surface area contributed by atoms with Gasteiger partial charge in [-0.15, -0.1) is 0 Å². The highest BCUT2D eigenvalue weighted by Gasteiger charge is 2.18. The molecule has 3 rings (SSSR count). The van der Waals surface area contributed by atoms with Gasteiger partial charge in [-0.2, -0.15) is 0 Å². The summed E-state index contributed by atoms with van der Waals surface area (Å²) in [6.07, 6.45) is 9.62. The standard InChI is InChI=1S/C23H31NO4/c1-17(14-18-8-4-3-5-9-18)24-15-19-10-6-7-11-21(19)28-16-22-20(12-13-27-22)23(25)26-2/h6-7,10-13,17-18,24H,3-5,8-9,14-16H2,1-2H3. The summed E-state index contributed by atoms with van der Waals surface area (Å²) in [5, 5.41) is 3.64. The lowest BCUT2D eigenvalue weighted by atomic mass is 9.85. The highest BCUT2D eigenvalue weighted by molar-refractivity contribution is 5.90. The number of carbonyl (C=O) groups excluding carboxylic acids is 1. The Kier molecular flexibility index (Phi) is 7.54. The zero-order valence-electron chi connectivity index (χ0n) is 16.9. The molecule has 0 spiro atoms. The first-order valence-electron chi connectivity index (χ1n) is 10.3. The Morgan fingerprint density at radius 3 is 2.79 bits per heavy atom. The predicted octanol–water partition coefficient (Wildman–Crippen LogP) is 5.09. The minimum atomic E-state index is -0.418. The van der Waals surface area contributed by atoms with E-state index in [1.54, 1.807) is 6.07 Å². The summed E-state index contributed by atoms with van der Waals surface area (Å²) in [6, 6.07) is 10.1. The molecule has 1 heterocycles. The van der Waals surface area contributed by atoms with Crippen molar-refractivity contribution in [3.05, 3.63) is 53.5 Å². The van der Waals surface area contributed by atoms with E-state index in [1.165, 1.54) is 51.9 Å². The van der Waals surface area contributed by atoms with Crippen LogP contribution in [0.4, 0.5) is 0 Å². The number of furan rings is 1. The molecular formula is C23H31NO4. The van der Waals surface area contributed by atoms with Crippen molar-refractivity contribution in [2.45, 2.75) is 64.6 Å². The summed E-state index contributed by atoms with van der Waals surface area (Å²) >= 11 is 0. The van der Waals surface area contributed by atoms with Crippen LogP contribution in [-0.4, -0.2) is 19.1 Å². The van der Waals surface area contributed by atoms with E-state index in [1.807, 2.05) is 18.2 Å². The van der Waals surface area contributed by atoms with Crippen LogP contribution in [0.2, 0.25) is 0 Å². The van der Waals surface area contributed by atoms with Gasteiger partial charge in [0.2, 0.25) is 0 Å². The van der Waals surface area contributed by atoms with Gasteiger partial charge in [-0.1, -0.05) is 50.3 Å². The van der Waals surface area contributed by atoms with Gasteiger partial charge in [0.25, 0.3) is 0 Å². The average molecular weight is 386 g/mol. The molecule has 1 unspecified atom stereocenters. The van der Waals surface area contributed by atoms with E-state index in [0.29, 0.717) is 17.4 Å². The molecule has 2 aromatic rings. The van der Waals surface area contributed by atoms with Crippen LogP contribution in [0.25, 0.3) is 0 Å². The Labute approximate surface area is 167 Å². The molecule has 0 saturated heterocycles. The SMILES string of the molecule is COC(=O)c1ccoc1COc1ccccc1CNC(C)CC1CCCCC1. The van der Waals surface area contributed by atoms with E-state index in [2.05, 4.69) is 18.3 Å². The van der Waals surface area contributed by atoms with Crippen molar-refractivity contribution < 1.29 is 18.7 Å². The van der Waals surface area contributed by atoms with Crippen LogP contribution in [0, 0.1) is 5.92 Å². The second-order valence-corrected chi connectivity index (χ2v) is 7.67. The number of esters is 1. The minimum Gasteiger partial charge on any atom is -0.485 e. The number of ether oxygens (including phenoxy) is 2. The van der Waals surface area contributed by atoms with E-state index < -0.39 is 5.97 Å². The van der Waals surface area contributed by atoms with Crippen LogP contribution in [-0.2, 0) is 17.9 Å². The highest BCUT2D eigenvalue weighted by Crippen LogP contribution is 2.27. The molecule has 0 radical (unpaired) electrons. The molecular weight excluding hydrogens is 354 g/mol. The number of hydrogen-bond acceptors (Lipinski definition) is 5. The van der Waals surface area contributed by atoms with E-state index in [9.17, 15) is 4.79 Å². The Morgan fingerprint density at radius 2 is 2.00 bits per heavy atom. The second kappa shape index (κ2) is 10.3. The van der Waals surface area contributed by atoms with Crippen LogP contribution >= 0.6 is 0 Å². The molecule has 0 amide bonds. The quantitative estimate of drug-likeness (QED) is 0.609. The molecule has 1 aliphatic rings. The number of methoxy groups -OCH3 is 1. The molecule has 1 aromatic carbocycles. The molecule has 28 heavy (non-hydrogen) atoms. The molecule has 1 saturated carbocycles. The van der Waals surface area contributed by atoms with Gasteiger partial charge in [-0.25, -0.2) is 4.79 Å². The van der Waals surface area contributed by atoms with Crippen LogP contribution in [0.15, 0.2) is 41.0 Å². The maximum absolute atomic E-state index is 11.8. The van der Waals surface area contributed by atoms with E-state index in [-0.39, 0.29) is 6.61 Å². The molecule has 5 nitrogen and oxygen atoms in total. The number of benzene rings is 1. The first-order valence-corrected chi connectivity index (χ1v) is 10.3. The number of hydrogen-bond donors (Lipinski definition) is 1. The van der Waals surface area contributed by atoms with E-state index in [4.69, 9.17) is 13.9 Å². The summed E-state index contributed by atoms with van der Waals surface area (Å²) < 4.78 is 16.1. The van der Waals surface area contributed by atoms with Gasteiger partial charge in [-0.05, 0) is 31.4 Å².